The summed E-state index contributed by atoms with van der Waals surface area (Å²) in [6.07, 6.45) is 3.12. The number of benzene rings is 1. The van der Waals surface area contributed by atoms with Gasteiger partial charge >= 0.3 is 0 Å². The predicted octanol–water partition coefficient (Wildman–Crippen LogP) is 4.12. The Morgan fingerprint density at radius 2 is 1.61 bits per heavy atom. The van der Waals surface area contributed by atoms with Gasteiger partial charge in [-0.3, -0.25) is 0 Å². The van der Waals surface area contributed by atoms with Crippen molar-refractivity contribution in [1.29, 1.82) is 0 Å². The van der Waals surface area contributed by atoms with Crippen molar-refractivity contribution in [3.8, 4) is 0 Å². The van der Waals surface area contributed by atoms with E-state index in [1.807, 2.05) is 11.3 Å². The fourth-order valence-corrected chi connectivity index (χ4v) is 3.00. The van der Waals surface area contributed by atoms with E-state index in [-0.39, 0.29) is 6.04 Å². The van der Waals surface area contributed by atoms with Gasteiger partial charge in [-0.15, -0.1) is 11.3 Å². The monoisotopic (exact) mass is 259 g/mol. The van der Waals surface area contributed by atoms with E-state index in [1.54, 1.807) is 0 Å². The Kier molecular flexibility index (Phi) is 4.56. The molecule has 1 nitrogen and oxygen atoms in total. The van der Waals surface area contributed by atoms with Crippen molar-refractivity contribution >= 4 is 11.3 Å². The summed E-state index contributed by atoms with van der Waals surface area (Å²) < 4.78 is 0. The van der Waals surface area contributed by atoms with Crippen LogP contribution in [0.15, 0.2) is 36.4 Å². The van der Waals surface area contributed by atoms with Gasteiger partial charge in [-0.1, -0.05) is 38.1 Å². The first-order valence-corrected chi connectivity index (χ1v) is 7.46. The molecule has 2 heteroatoms. The first-order valence-electron chi connectivity index (χ1n) is 6.65. The second-order valence-electron chi connectivity index (χ2n) is 4.64. The average Bonchev–Trinajstić information content (AvgIpc) is 2.88. The van der Waals surface area contributed by atoms with Crippen LogP contribution in [-0.2, 0) is 19.3 Å². The number of nitrogens with two attached hydrogens (primary N) is 1. The fraction of sp³-hybridized carbons (Fsp3) is 0.375. The number of hydrogen-bond donors (Lipinski definition) is 1. The van der Waals surface area contributed by atoms with Gasteiger partial charge in [-0.05, 0) is 42.5 Å². The summed E-state index contributed by atoms with van der Waals surface area (Å²) in [5.41, 5.74) is 8.99. The fourth-order valence-electron chi connectivity index (χ4n) is 2.05. The minimum atomic E-state index is 0.128. The Morgan fingerprint density at radius 3 is 2.17 bits per heavy atom. The van der Waals surface area contributed by atoms with E-state index < -0.39 is 0 Å². The molecule has 1 atom stereocenters. The molecule has 0 amide bonds. The molecule has 0 radical (unpaired) electrons. The average molecular weight is 259 g/mol. The maximum absolute atomic E-state index is 6.28. The summed E-state index contributed by atoms with van der Waals surface area (Å²) in [7, 11) is 0. The van der Waals surface area contributed by atoms with Gasteiger partial charge < -0.3 is 5.73 Å². The molecule has 96 valence electrons. The molecule has 1 aromatic carbocycles. The second-order valence-corrected chi connectivity index (χ2v) is 5.84. The zero-order valence-electron chi connectivity index (χ0n) is 11.1. The molecule has 0 fully saturated rings. The topological polar surface area (TPSA) is 26.0 Å². The van der Waals surface area contributed by atoms with Crippen molar-refractivity contribution in [1.82, 2.24) is 0 Å². The summed E-state index contributed by atoms with van der Waals surface area (Å²) in [6, 6.07) is 13.3. The highest BCUT2D eigenvalue weighted by Gasteiger charge is 2.09. The maximum Gasteiger partial charge on any atom is 0.0430 e. The lowest BCUT2D eigenvalue weighted by atomic mass is 10.0. The highest BCUT2D eigenvalue weighted by Crippen LogP contribution is 2.24. The Bertz CT molecular complexity index is 484. The van der Waals surface area contributed by atoms with Gasteiger partial charge in [-0.2, -0.15) is 0 Å². The zero-order valence-corrected chi connectivity index (χ0v) is 12.0. The highest BCUT2D eigenvalue weighted by atomic mass is 32.1. The minimum Gasteiger partial charge on any atom is -0.323 e. The molecular formula is C16H21NS. The number of hydrogen-bond acceptors (Lipinski definition) is 2. The summed E-state index contributed by atoms with van der Waals surface area (Å²) in [6.45, 7) is 4.36. The van der Waals surface area contributed by atoms with Crippen LogP contribution in [0.1, 0.15) is 40.8 Å². The van der Waals surface area contributed by atoms with Gasteiger partial charge in [-0.25, -0.2) is 0 Å². The largest absolute Gasteiger partial charge is 0.323 e. The van der Waals surface area contributed by atoms with Crippen molar-refractivity contribution in [2.75, 3.05) is 0 Å². The van der Waals surface area contributed by atoms with Gasteiger partial charge in [0, 0.05) is 15.8 Å². The van der Waals surface area contributed by atoms with Crippen molar-refractivity contribution < 1.29 is 0 Å². The third-order valence-corrected chi connectivity index (χ3v) is 4.64. The molecule has 0 bridgehead atoms. The van der Waals surface area contributed by atoms with Crippen molar-refractivity contribution in [2.45, 2.75) is 39.2 Å². The van der Waals surface area contributed by atoms with Crippen LogP contribution in [0.4, 0.5) is 0 Å². The molecule has 2 rings (SSSR count). The minimum absolute atomic E-state index is 0.128. The highest BCUT2D eigenvalue weighted by molar-refractivity contribution is 7.12. The van der Waals surface area contributed by atoms with Crippen LogP contribution in [0.3, 0.4) is 0 Å². The van der Waals surface area contributed by atoms with Gasteiger partial charge in [0.05, 0.1) is 0 Å². The summed E-state index contributed by atoms with van der Waals surface area (Å²) in [4.78, 5) is 2.72. The Morgan fingerprint density at radius 1 is 0.944 bits per heavy atom. The van der Waals surface area contributed by atoms with E-state index in [0.717, 1.165) is 19.3 Å². The van der Waals surface area contributed by atoms with Crippen molar-refractivity contribution in [2.24, 2.45) is 5.73 Å². The molecule has 0 aliphatic rings. The number of rotatable bonds is 5. The standard InChI is InChI=1S/C16H21NS/c1-3-12-5-7-13(8-6-12)11-15(17)16-10-9-14(4-2)18-16/h5-10,15H,3-4,11,17H2,1-2H3. The maximum atomic E-state index is 6.28. The lowest BCUT2D eigenvalue weighted by Gasteiger charge is -2.10. The van der Waals surface area contributed by atoms with Crippen LogP contribution < -0.4 is 5.73 Å². The first kappa shape index (κ1) is 13.3. The Labute approximate surface area is 114 Å². The van der Waals surface area contributed by atoms with Gasteiger partial charge in [0.2, 0.25) is 0 Å². The molecule has 0 aliphatic carbocycles. The number of thiophene rings is 1. The van der Waals surface area contributed by atoms with Crippen molar-refractivity contribution in [3.63, 3.8) is 0 Å². The zero-order chi connectivity index (χ0) is 13.0. The van der Waals surface area contributed by atoms with Crippen LogP contribution >= 0.6 is 11.3 Å². The van der Waals surface area contributed by atoms with E-state index in [2.05, 4.69) is 50.2 Å². The molecular weight excluding hydrogens is 238 g/mol. The van der Waals surface area contributed by atoms with Crippen LogP contribution in [0.2, 0.25) is 0 Å². The van der Waals surface area contributed by atoms with Gasteiger partial charge in [0.1, 0.15) is 0 Å². The summed E-state index contributed by atoms with van der Waals surface area (Å²) in [5, 5.41) is 0. The molecule has 18 heavy (non-hydrogen) atoms. The number of aryl methyl sites for hydroxylation is 2. The van der Waals surface area contributed by atoms with E-state index in [0.29, 0.717) is 0 Å². The quantitative estimate of drug-likeness (QED) is 0.859. The molecule has 1 aromatic heterocycles. The molecule has 1 unspecified atom stereocenters. The van der Waals surface area contributed by atoms with Crippen molar-refractivity contribution in [3.05, 3.63) is 57.3 Å². The Balaban J connectivity index is 2.03. The predicted molar refractivity (Wildman–Crippen MR) is 80.1 cm³/mol. The lowest BCUT2D eigenvalue weighted by Crippen LogP contribution is -2.11. The normalized spacial score (nSPS) is 12.6. The van der Waals surface area contributed by atoms with E-state index in [9.17, 15) is 0 Å². The molecule has 2 N–H and O–H groups in total. The molecule has 0 spiro atoms. The van der Waals surface area contributed by atoms with Crippen LogP contribution in [0.5, 0.6) is 0 Å². The van der Waals surface area contributed by atoms with E-state index in [4.69, 9.17) is 5.73 Å². The molecule has 2 aromatic rings. The smallest absolute Gasteiger partial charge is 0.0430 e. The van der Waals surface area contributed by atoms with Crippen LogP contribution in [0, 0.1) is 0 Å². The Hall–Kier alpha value is -1.12. The molecule has 1 heterocycles. The lowest BCUT2D eigenvalue weighted by molar-refractivity contribution is 0.736. The molecule has 0 aliphatic heterocycles. The van der Waals surface area contributed by atoms with Crippen LogP contribution in [0.25, 0.3) is 0 Å². The first-order chi connectivity index (χ1) is 8.72. The summed E-state index contributed by atoms with van der Waals surface area (Å²) in [5.74, 6) is 0. The third kappa shape index (κ3) is 3.21. The molecule has 0 saturated heterocycles. The van der Waals surface area contributed by atoms with E-state index in [1.165, 1.54) is 20.9 Å². The summed E-state index contributed by atoms with van der Waals surface area (Å²) >= 11 is 1.84. The van der Waals surface area contributed by atoms with Gasteiger partial charge in [0.25, 0.3) is 0 Å². The third-order valence-electron chi connectivity index (χ3n) is 3.28. The SMILES string of the molecule is CCc1ccc(CC(N)c2ccc(CC)s2)cc1. The molecule has 0 saturated carbocycles. The van der Waals surface area contributed by atoms with Crippen LogP contribution in [-0.4, -0.2) is 0 Å². The van der Waals surface area contributed by atoms with Gasteiger partial charge in [0.15, 0.2) is 0 Å². The second kappa shape index (κ2) is 6.17. The van der Waals surface area contributed by atoms with E-state index >= 15 is 0 Å².